The zero-order valence-electron chi connectivity index (χ0n) is 9.90. The Kier molecular flexibility index (Phi) is 5.79. The summed E-state index contributed by atoms with van der Waals surface area (Å²) in [5.41, 5.74) is -1.49. The normalized spacial score (nSPS) is 10.3. The molecule has 0 atom stereocenters. The summed E-state index contributed by atoms with van der Waals surface area (Å²) in [5.74, 6) is -1.23. The van der Waals surface area contributed by atoms with E-state index in [1.807, 2.05) is 0 Å². The van der Waals surface area contributed by atoms with Crippen LogP contribution in [0.2, 0.25) is 0 Å². The van der Waals surface area contributed by atoms with E-state index in [1.165, 1.54) is 21.0 Å². The lowest BCUT2D eigenvalue weighted by molar-refractivity contribution is -0.152. The molecule has 0 aliphatic carbocycles. The highest BCUT2D eigenvalue weighted by atomic mass is 16.6. The molecule has 0 bridgehead atoms. The Morgan fingerprint density at radius 3 is 1.65 bits per heavy atom. The number of amides is 2. The molecule has 0 aromatic heterocycles. The fraction of sp³-hybridized carbons (Fsp3) is 0.667. The predicted molar refractivity (Wildman–Crippen MR) is 56.6 cm³/mol. The highest BCUT2D eigenvalue weighted by Gasteiger charge is 2.36. The van der Waals surface area contributed by atoms with Gasteiger partial charge >= 0.3 is 18.2 Å². The number of alkyl carbamates (subject to hydrolysis) is 2. The quantitative estimate of drug-likeness (QED) is 0.620. The molecule has 8 nitrogen and oxygen atoms in total. The molecule has 0 aliphatic heterocycles. The van der Waals surface area contributed by atoms with Crippen molar-refractivity contribution in [2.24, 2.45) is 5.41 Å². The zero-order valence-corrected chi connectivity index (χ0v) is 9.90. The summed E-state index contributed by atoms with van der Waals surface area (Å²) in [4.78, 5) is 32.7. The van der Waals surface area contributed by atoms with Crippen molar-refractivity contribution in [2.75, 3.05) is 27.3 Å². The van der Waals surface area contributed by atoms with Crippen LogP contribution in [0, 0.1) is 5.41 Å². The van der Waals surface area contributed by atoms with Gasteiger partial charge in [-0.15, -0.1) is 0 Å². The molecule has 0 aromatic carbocycles. The van der Waals surface area contributed by atoms with Crippen LogP contribution in [-0.2, 0) is 14.3 Å². The summed E-state index contributed by atoms with van der Waals surface area (Å²) in [6.07, 6.45) is -1.50. The van der Waals surface area contributed by atoms with Gasteiger partial charge in [-0.2, -0.15) is 0 Å². The molecule has 0 aliphatic rings. The van der Waals surface area contributed by atoms with Gasteiger partial charge in [0.15, 0.2) is 0 Å². The molecule has 0 rings (SSSR count). The van der Waals surface area contributed by atoms with Crippen LogP contribution in [0.3, 0.4) is 0 Å². The van der Waals surface area contributed by atoms with Crippen LogP contribution in [-0.4, -0.2) is 50.6 Å². The Morgan fingerprint density at radius 2 is 1.41 bits per heavy atom. The SMILES string of the molecule is CNC(=O)OCC(C)(COC(=O)NC)C(=O)O. The second-order valence-electron chi connectivity index (χ2n) is 3.52. The Balaban J connectivity index is 4.41. The molecular formula is C9H16N2O6. The first-order chi connectivity index (χ1) is 7.85. The van der Waals surface area contributed by atoms with Crippen molar-refractivity contribution in [1.29, 1.82) is 0 Å². The molecule has 0 unspecified atom stereocenters. The summed E-state index contributed by atoms with van der Waals surface area (Å²) in [6.45, 7) is 0.499. The molecular weight excluding hydrogens is 232 g/mol. The summed E-state index contributed by atoms with van der Waals surface area (Å²) < 4.78 is 9.28. The molecule has 0 spiro atoms. The minimum absolute atomic E-state index is 0.404. The van der Waals surface area contributed by atoms with Crippen LogP contribution in [0.4, 0.5) is 9.59 Å². The third-order valence-electron chi connectivity index (χ3n) is 1.97. The van der Waals surface area contributed by atoms with E-state index in [4.69, 9.17) is 5.11 Å². The van der Waals surface area contributed by atoms with Crippen LogP contribution in [0.25, 0.3) is 0 Å². The number of aliphatic carboxylic acids is 1. The molecule has 0 heterocycles. The van der Waals surface area contributed by atoms with Crippen LogP contribution in [0.1, 0.15) is 6.92 Å². The van der Waals surface area contributed by atoms with Gasteiger partial charge in [0.25, 0.3) is 0 Å². The largest absolute Gasteiger partial charge is 0.481 e. The number of nitrogens with one attached hydrogen (secondary N) is 2. The minimum Gasteiger partial charge on any atom is -0.481 e. The predicted octanol–water partition coefficient (Wildman–Crippen LogP) is -0.211. The second-order valence-corrected chi connectivity index (χ2v) is 3.52. The van der Waals surface area contributed by atoms with Crippen molar-refractivity contribution in [3.8, 4) is 0 Å². The summed E-state index contributed by atoms with van der Waals surface area (Å²) in [5, 5.41) is 13.3. The number of carbonyl (C=O) groups is 3. The van der Waals surface area contributed by atoms with E-state index in [-0.39, 0.29) is 0 Å². The third kappa shape index (κ3) is 5.05. The van der Waals surface area contributed by atoms with Gasteiger partial charge in [-0.1, -0.05) is 0 Å². The monoisotopic (exact) mass is 248 g/mol. The zero-order chi connectivity index (χ0) is 13.5. The van der Waals surface area contributed by atoms with Gasteiger partial charge in [-0.3, -0.25) is 4.79 Å². The van der Waals surface area contributed by atoms with Gasteiger partial charge in [0.1, 0.15) is 18.6 Å². The maximum Gasteiger partial charge on any atom is 0.406 e. The van der Waals surface area contributed by atoms with Crippen LogP contribution in [0.5, 0.6) is 0 Å². The summed E-state index contributed by atoms with van der Waals surface area (Å²) in [7, 11) is 2.70. The summed E-state index contributed by atoms with van der Waals surface area (Å²) >= 11 is 0. The van der Waals surface area contributed by atoms with E-state index in [0.29, 0.717) is 0 Å². The van der Waals surface area contributed by atoms with Crippen molar-refractivity contribution >= 4 is 18.2 Å². The van der Waals surface area contributed by atoms with Crippen LogP contribution < -0.4 is 10.6 Å². The first kappa shape index (κ1) is 15.0. The molecule has 98 valence electrons. The molecule has 0 fully saturated rings. The Labute approximate surface area is 98.3 Å². The Bertz CT molecular complexity index is 284. The van der Waals surface area contributed by atoms with E-state index >= 15 is 0 Å². The molecule has 3 N–H and O–H groups in total. The first-order valence-corrected chi connectivity index (χ1v) is 4.78. The number of ether oxygens (including phenoxy) is 2. The average Bonchev–Trinajstić information content (AvgIpc) is 2.32. The van der Waals surface area contributed by atoms with Gasteiger partial charge in [0.2, 0.25) is 0 Å². The number of carboxylic acids is 1. The van der Waals surface area contributed by atoms with E-state index < -0.39 is 36.8 Å². The van der Waals surface area contributed by atoms with Crippen molar-refractivity contribution in [1.82, 2.24) is 10.6 Å². The smallest absolute Gasteiger partial charge is 0.406 e. The molecule has 17 heavy (non-hydrogen) atoms. The average molecular weight is 248 g/mol. The maximum absolute atomic E-state index is 11.0. The van der Waals surface area contributed by atoms with E-state index in [1.54, 1.807) is 0 Å². The molecule has 0 saturated heterocycles. The maximum atomic E-state index is 11.0. The number of hydrogen-bond acceptors (Lipinski definition) is 5. The van der Waals surface area contributed by atoms with Gasteiger partial charge in [-0.05, 0) is 6.92 Å². The van der Waals surface area contributed by atoms with Crippen LogP contribution >= 0.6 is 0 Å². The molecule has 0 radical (unpaired) electrons. The number of hydrogen-bond donors (Lipinski definition) is 3. The fourth-order valence-electron chi connectivity index (χ4n) is 0.759. The molecule has 0 aromatic rings. The van der Waals surface area contributed by atoms with Crippen molar-refractivity contribution in [3.05, 3.63) is 0 Å². The Morgan fingerprint density at radius 1 is 1.06 bits per heavy atom. The molecule has 8 heteroatoms. The minimum atomic E-state index is -1.49. The van der Waals surface area contributed by atoms with Crippen LogP contribution in [0.15, 0.2) is 0 Å². The lowest BCUT2D eigenvalue weighted by Crippen LogP contribution is -2.40. The summed E-state index contributed by atoms with van der Waals surface area (Å²) in [6, 6.07) is 0. The number of rotatable bonds is 5. The van der Waals surface area contributed by atoms with Gasteiger partial charge in [0.05, 0.1) is 0 Å². The third-order valence-corrected chi connectivity index (χ3v) is 1.97. The van der Waals surface area contributed by atoms with Crippen molar-refractivity contribution < 1.29 is 29.0 Å². The highest BCUT2D eigenvalue weighted by Crippen LogP contribution is 2.18. The molecule has 0 saturated carbocycles. The Hall–Kier alpha value is -1.99. The van der Waals surface area contributed by atoms with Crippen molar-refractivity contribution in [2.45, 2.75) is 6.92 Å². The highest BCUT2D eigenvalue weighted by molar-refractivity contribution is 5.76. The van der Waals surface area contributed by atoms with Crippen molar-refractivity contribution in [3.63, 3.8) is 0 Å². The lowest BCUT2D eigenvalue weighted by Gasteiger charge is -2.23. The lowest BCUT2D eigenvalue weighted by atomic mass is 9.93. The number of carboxylic acid groups (broad SMARTS) is 1. The first-order valence-electron chi connectivity index (χ1n) is 4.78. The van der Waals surface area contributed by atoms with E-state index in [0.717, 1.165) is 0 Å². The van der Waals surface area contributed by atoms with E-state index in [2.05, 4.69) is 20.1 Å². The fourth-order valence-corrected chi connectivity index (χ4v) is 0.759. The molecule has 2 amide bonds. The van der Waals surface area contributed by atoms with Gasteiger partial charge in [-0.25, -0.2) is 9.59 Å². The number of carbonyl (C=O) groups excluding carboxylic acids is 2. The van der Waals surface area contributed by atoms with Gasteiger partial charge < -0.3 is 25.2 Å². The van der Waals surface area contributed by atoms with Gasteiger partial charge in [0, 0.05) is 14.1 Å². The standard InChI is InChI=1S/C9H16N2O6/c1-9(6(12)13,4-16-7(14)10-2)5-17-8(15)11-3/h4-5H2,1-3H3,(H,10,14)(H,11,15)(H,12,13). The second kappa shape index (κ2) is 6.56. The van der Waals surface area contributed by atoms with E-state index in [9.17, 15) is 14.4 Å². The topological polar surface area (TPSA) is 114 Å².